The zero-order chi connectivity index (χ0) is 24.5. The molecule has 0 amide bonds. The third kappa shape index (κ3) is 3.79. The first-order valence-electron chi connectivity index (χ1n) is 11.8. The van der Waals surface area contributed by atoms with Gasteiger partial charge in [0.15, 0.2) is 11.5 Å². The molecule has 4 aromatic carbocycles. The number of hydrogen-bond donors (Lipinski definition) is 0. The number of esters is 1. The summed E-state index contributed by atoms with van der Waals surface area (Å²) in [7, 11) is 1.42. The fraction of sp³-hybridized carbons (Fsp3) is 0.129. The molecule has 1 aliphatic heterocycles. The second-order valence-corrected chi connectivity index (χ2v) is 8.68. The molecule has 5 heteroatoms. The number of carbonyl (C=O) groups is 1. The fourth-order valence-electron chi connectivity index (χ4n) is 5.01. The first kappa shape index (κ1) is 22.0. The van der Waals surface area contributed by atoms with Crippen molar-refractivity contribution in [2.45, 2.75) is 12.5 Å². The molecule has 0 bridgehead atoms. The normalized spacial score (nSPS) is 15.5. The molecule has 5 nitrogen and oxygen atoms in total. The predicted octanol–water partition coefficient (Wildman–Crippen LogP) is 6.11. The van der Waals surface area contributed by atoms with Crippen LogP contribution in [0.3, 0.4) is 0 Å². The van der Waals surface area contributed by atoms with Crippen molar-refractivity contribution >= 4 is 11.5 Å². The monoisotopic (exact) mass is 476 g/mol. The first-order valence-corrected chi connectivity index (χ1v) is 11.8. The van der Waals surface area contributed by atoms with Gasteiger partial charge < -0.3 is 18.9 Å². The van der Waals surface area contributed by atoms with Crippen LogP contribution in [0.5, 0.6) is 17.2 Å². The van der Waals surface area contributed by atoms with Crippen LogP contribution in [0.1, 0.15) is 33.7 Å². The van der Waals surface area contributed by atoms with Gasteiger partial charge in [0, 0.05) is 17.1 Å². The number of benzene rings is 4. The van der Waals surface area contributed by atoms with E-state index in [1.165, 1.54) is 7.11 Å². The number of rotatable bonds is 6. The zero-order valence-electron chi connectivity index (χ0n) is 19.8. The highest BCUT2D eigenvalue weighted by Crippen LogP contribution is 2.51. The van der Waals surface area contributed by atoms with Crippen molar-refractivity contribution in [1.82, 2.24) is 0 Å². The van der Waals surface area contributed by atoms with Crippen LogP contribution in [0.2, 0.25) is 0 Å². The van der Waals surface area contributed by atoms with Crippen LogP contribution in [-0.4, -0.2) is 19.9 Å². The Kier molecular flexibility index (Phi) is 5.66. The zero-order valence-corrected chi connectivity index (χ0v) is 19.8. The van der Waals surface area contributed by atoms with E-state index in [2.05, 4.69) is 12.1 Å². The molecule has 0 saturated carbocycles. The van der Waals surface area contributed by atoms with Gasteiger partial charge in [-0.1, -0.05) is 78.9 Å². The average molecular weight is 477 g/mol. The number of carbonyl (C=O) groups excluding carboxylic acids is 1. The van der Waals surface area contributed by atoms with Gasteiger partial charge in [-0.05, 0) is 40.5 Å². The minimum atomic E-state index is -0.373. The van der Waals surface area contributed by atoms with Gasteiger partial charge in [-0.15, -0.1) is 0 Å². The minimum absolute atomic E-state index is 0.192. The van der Waals surface area contributed by atoms with E-state index in [0.29, 0.717) is 29.4 Å². The maximum Gasteiger partial charge on any atom is 0.335 e. The first-order chi connectivity index (χ1) is 17.7. The van der Waals surface area contributed by atoms with Crippen molar-refractivity contribution < 1.29 is 23.7 Å². The maximum atomic E-state index is 13.4. The molecular weight excluding hydrogens is 452 g/mol. The fourth-order valence-corrected chi connectivity index (χ4v) is 5.01. The molecule has 36 heavy (non-hydrogen) atoms. The van der Waals surface area contributed by atoms with Crippen molar-refractivity contribution in [2.75, 3.05) is 13.9 Å². The Morgan fingerprint density at radius 2 is 1.56 bits per heavy atom. The van der Waals surface area contributed by atoms with Crippen molar-refractivity contribution in [3.63, 3.8) is 0 Å². The van der Waals surface area contributed by atoms with Gasteiger partial charge in [0.1, 0.15) is 12.4 Å². The summed E-state index contributed by atoms with van der Waals surface area (Å²) in [6, 6.07) is 31.8. The number of para-hydroxylation sites is 1. The summed E-state index contributed by atoms with van der Waals surface area (Å²) in [6.45, 7) is 0.614. The average Bonchev–Trinajstić information content (AvgIpc) is 3.54. The summed E-state index contributed by atoms with van der Waals surface area (Å²) in [6.07, 6.45) is 0. The maximum absolute atomic E-state index is 13.4. The molecule has 0 aromatic heterocycles. The Balaban J connectivity index is 1.51. The van der Waals surface area contributed by atoms with Crippen LogP contribution >= 0.6 is 0 Å². The van der Waals surface area contributed by atoms with Crippen LogP contribution < -0.4 is 14.2 Å². The van der Waals surface area contributed by atoms with E-state index >= 15 is 0 Å². The summed E-state index contributed by atoms with van der Waals surface area (Å²) in [5.74, 6) is 1.39. The molecule has 1 atom stereocenters. The molecule has 2 aliphatic rings. The van der Waals surface area contributed by atoms with Gasteiger partial charge in [-0.3, -0.25) is 0 Å². The Morgan fingerprint density at radius 3 is 2.39 bits per heavy atom. The highest BCUT2D eigenvalue weighted by atomic mass is 16.7. The van der Waals surface area contributed by atoms with Crippen LogP contribution in [0.25, 0.3) is 5.57 Å². The van der Waals surface area contributed by atoms with Crippen LogP contribution in [0, 0.1) is 0 Å². The second-order valence-electron chi connectivity index (χ2n) is 8.68. The Morgan fingerprint density at radius 1 is 0.833 bits per heavy atom. The molecule has 0 spiro atoms. The van der Waals surface area contributed by atoms with Crippen molar-refractivity contribution in [3.8, 4) is 17.2 Å². The molecule has 0 saturated heterocycles. The minimum Gasteiger partial charge on any atom is -0.488 e. The molecule has 0 N–H and O–H groups in total. The molecule has 4 aromatic rings. The number of ether oxygens (including phenoxy) is 4. The molecule has 6 rings (SSSR count). The summed E-state index contributed by atoms with van der Waals surface area (Å²) in [5, 5.41) is 0. The molecule has 0 fully saturated rings. The molecule has 0 unspecified atom stereocenters. The molecule has 1 heterocycles. The lowest BCUT2D eigenvalue weighted by atomic mass is 9.88. The largest absolute Gasteiger partial charge is 0.488 e. The highest BCUT2D eigenvalue weighted by molar-refractivity contribution is 6.08. The van der Waals surface area contributed by atoms with Gasteiger partial charge in [0.05, 0.1) is 12.7 Å². The van der Waals surface area contributed by atoms with E-state index < -0.39 is 0 Å². The standard InChI is InChI=1S/C31H24O5/c1-33-31(32)30-28(21-15-16-26-27(17-21)36-19-35-26)22-11-5-6-12-23(22)29(30)24-13-7-8-14-25(24)34-18-20-9-3-2-4-10-20/h2-17,28H,18-19H2,1H3/t28-/m0/s1. The Labute approximate surface area is 209 Å². The Bertz CT molecular complexity index is 1470. The van der Waals surface area contributed by atoms with Crippen molar-refractivity contribution in [2.24, 2.45) is 0 Å². The van der Waals surface area contributed by atoms with E-state index in [4.69, 9.17) is 18.9 Å². The van der Waals surface area contributed by atoms with Crippen molar-refractivity contribution in [3.05, 3.63) is 130 Å². The van der Waals surface area contributed by atoms with Gasteiger partial charge in [-0.25, -0.2) is 4.79 Å². The lowest BCUT2D eigenvalue weighted by molar-refractivity contribution is -0.136. The van der Waals surface area contributed by atoms with Gasteiger partial charge in [-0.2, -0.15) is 0 Å². The van der Waals surface area contributed by atoms with E-state index in [0.717, 1.165) is 33.4 Å². The second kappa shape index (κ2) is 9.27. The van der Waals surface area contributed by atoms with E-state index in [1.54, 1.807) is 0 Å². The molecule has 1 aliphatic carbocycles. The van der Waals surface area contributed by atoms with Crippen molar-refractivity contribution in [1.29, 1.82) is 0 Å². The van der Waals surface area contributed by atoms with Crippen LogP contribution in [0.15, 0.2) is 103 Å². The summed E-state index contributed by atoms with van der Waals surface area (Å²) < 4.78 is 22.8. The summed E-state index contributed by atoms with van der Waals surface area (Å²) >= 11 is 0. The molecule has 0 radical (unpaired) electrons. The Hall–Kier alpha value is -4.51. The summed E-state index contributed by atoms with van der Waals surface area (Å²) in [4.78, 5) is 13.4. The van der Waals surface area contributed by atoms with Gasteiger partial charge in [0.25, 0.3) is 0 Å². The lowest BCUT2D eigenvalue weighted by Crippen LogP contribution is -2.13. The lowest BCUT2D eigenvalue weighted by Gasteiger charge is -2.17. The number of fused-ring (bicyclic) bond motifs is 2. The number of hydrogen-bond acceptors (Lipinski definition) is 5. The third-order valence-corrected chi connectivity index (χ3v) is 6.63. The van der Waals surface area contributed by atoms with Crippen LogP contribution in [-0.2, 0) is 16.1 Å². The molecule has 178 valence electrons. The topological polar surface area (TPSA) is 54.0 Å². The van der Waals surface area contributed by atoms with Crippen LogP contribution in [0.4, 0.5) is 0 Å². The quantitative estimate of drug-likeness (QED) is 0.314. The van der Waals surface area contributed by atoms with E-state index in [9.17, 15) is 4.79 Å². The molecular formula is C31H24O5. The van der Waals surface area contributed by atoms with Gasteiger partial charge >= 0.3 is 5.97 Å². The van der Waals surface area contributed by atoms with Gasteiger partial charge in [0.2, 0.25) is 6.79 Å². The third-order valence-electron chi connectivity index (χ3n) is 6.63. The predicted molar refractivity (Wildman–Crippen MR) is 136 cm³/mol. The number of methoxy groups -OCH3 is 1. The van der Waals surface area contributed by atoms with E-state index in [-0.39, 0.29) is 18.7 Å². The van der Waals surface area contributed by atoms with E-state index in [1.807, 2.05) is 84.9 Å². The summed E-state index contributed by atoms with van der Waals surface area (Å²) in [5.41, 5.74) is 6.27. The smallest absolute Gasteiger partial charge is 0.335 e. The highest BCUT2D eigenvalue weighted by Gasteiger charge is 2.38. The SMILES string of the molecule is COC(=O)C1=C(c2ccccc2OCc2ccccc2)c2ccccc2[C@@H]1c1ccc2c(c1)OCO2.